The fourth-order valence-electron chi connectivity index (χ4n) is 3.04. The summed E-state index contributed by atoms with van der Waals surface area (Å²) in [5.74, 6) is 1.25. The van der Waals surface area contributed by atoms with Crippen molar-refractivity contribution in [2.45, 2.75) is 31.6 Å². The quantitative estimate of drug-likeness (QED) is 0.622. The molecule has 0 aliphatic carbocycles. The van der Waals surface area contributed by atoms with Crippen LogP contribution in [0.25, 0.3) is 10.9 Å². The van der Waals surface area contributed by atoms with Crippen LogP contribution in [0.2, 0.25) is 0 Å². The second-order valence-corrected chi connectivity index (χ2v) is 7.81. The van der Waals surface area contributed by atoms with Crippen molar-refractivity contribution >= 4 is 20.9 Å². The monoisotopic (exact) mass is 373 g/mol. The number of aromatic nitrogens is 1. The molecule has 0 bridgehead atoms. The van der Waals surface area contributed by atoms with E-state index in [1.807, 2.05) is 13.0 Å². The molecule has 0 spiro atoms. The Labute approximate surface area is 154 Å². The zero-order valence-corrected chi connectivity index (χ0v) is 16.0. The maximum Gasteiger partial charge on any atom is 0.268 e. The Hall–Kier alpha value is -2.47. The highest BCUT2D eigenvalue weighted by atomic mass is 32.2. The van der Waals surface area contributed by atoms with E-state index in [1.54, 1.807) is 36.5 Å². The Balaban J connectivity index is 2.20. The third-order valence-corrected chi connectivity index (χ3v) is 5.92. The number of hydrogen-bond acceptors (Lipinski definition) is 4. The minimum absolute atomic E-state index is 0.200. The number of rotatable bonds is 7. The predicted molar refractivity (Wildman–Crippen MR) is 103 cm³/mol. The summed E-state index contributed by atoms with van der Waals surface area (Å²) >= 11 is 0. The highest BCUT2D eigenvalue weighted by molar-refractivity contribution is 7.90. The van der Waals surface area contributed by atoms with E-state index in [4.69, 9.17) is 9.47 Å². The maximum absolute atomic E-state index is 13.2. The Morgan fingerprint density at radius 2 is 1.85 bits per heavy atom. The summed E-state index contributed by atoms with van der Waals surface area (Å²) in [7, 11) is -2.21. The van der Waals surface area contributed by atoms with Crippen molar-refractivity contribution in [1.29, 1.82) is 0 Å². The van der Waals surface area contributed by atoms with Gasteiger partial charge in [0, 0.05) is 17.6 Å². The molecule has 0 N–H and O–H groups in total. The average Bonchev–Trinajstić information content (AvgIpc) is 3.01. The summed E-state index contributed by atoms with van der Waals surface area (Å²) in [5.41, 5.74) is 1.65. The molecule has 2 aromatic carbocycles. The SMILES string of the molecule is CCCc1cn(S(=O)(=O)c2cccc(OC)c2)c2ccc(OCC)cc12. The van der Waals surface area contributed by atoms with Crippen molar-refractivity contribution in [3.05, 3.63) is 54.2 Å². The highest BCUT2D eigenvalue weighted by Crippen LogP contribution is 2.30. The van der Waals surface area contributed by atoms with Crippen LogP contribution in [0.1, 0.15) is 25.8 Å². The van der Waals surface area contributed by atoms with Crippen molar-refractivity contribution in [2.75, 3.05) is 13.7 Å². The lowest BCUT2D eigenvalue weighted by atomic mass is 10.1. The van der Waals surface area contributed by atoms with Crippen LogP contribution in [0, 0.1) is 0 Å². The number of methoxy groups -OCH3 is 1. The van der Waals surface area contributed by atoms with Gasteiger partial charge in [-0.1, -0.05) is 19.4 Å². The standard InChI is InChI=1S/C20H23NO4S/c1-4-7-15-14-21(20-11-10-17(25-5-2)13-19(15)20)26(22,23)18-9-6-8-16(12-18)24-3/h6,8-14H,4-5,7H2,1-3H3. The molecule has 0 saturated carbocycles. The van der Waals surface area contributed by atoms with Gasteiger partial charge in [-0.05, 0) is 49.2 Å². The average molecular weight is 373 g/mol. The molecule has 0 aliphatic heterocycles. The van der Waals surface area contributed by atoms with Crippen molar-refractivity contribution in [1.82, 2.24) is 3.97 Å². The van der Waals surface area contributed by atoms with Crippen molar-refractivity contribution in [2.24, 2.45) is 0 Å². The summed E-state index contributed by atoms with van der Waals surface area (Å²) in [4.78, 5) is 0.200. The number of hydrogen-bond donors (Lipinski definition) is 0. The van der Waals surface area contributed by atoms with E-state index in [2.05, 4.69) is 6.92 Å². The van der Waals surface area contributed by atoms with E-state index in [1.165, 1.54) is 17.1 Å². The molecule has 1 aromatic heterocycles. The minimum Gasteiger partial charge on any atom is -0.497 e. The Morgan fingerprint density at radius 1 is 1.04 bits per heavy atom. The summed E-state index contributed by atoms with van der Waals surface area (Å²) in [6, 6.07) is 12.0. The zero-order valence-electron chi connectivity index (χ0n) is 15.2. The van der Waals surface area contributed by atoms with Gasteiger partial charge in [-0.3, -0.25) is 0 Å². The molecular weight excluding hydrogens is 350 g/mol. The molecule has 6 heteroatoms. The predicted octanol–water partition coefficient (Wildman–Crippen LogP) is 4.24. The van der Waals surface area contributed by atoms with E-state index in [0.717, 1.165) is 29.5 Å². The third kappa shape index (κ3) is 3.29. The van der Waals surface area contributed by atoms with Crippen LogP contribution < -0.4 is 9.47 Å². The first-order chi connectivity index (χ1) is 12.5. The van der Waals surface area contributed by atoms with Gasteiger partial charge in [-0.15, -0.1) is 0 Å². The third-order valence-electron chi connectivity index (χ3n) is 4.25. The second kappa shape index (κ2) is 7.41. The van der Waals surface area contributed by atoms with Gasteiger partial charge in [0.15, 0.2) is 0 Å². The van der Waals surface area contributed by atoms with Crippen LogP contribution in [0.15, 0.2) is 53.6 Å². The van der Waals surface area contributed by atoms with Crippen molar-refractivity contribution in [3.63, 3.8) is 0 Å². The van der Waals surface area contributed by atoms with Crippen molar-refractivity contribution in [3.8, 4) is 11.5 Å². The smallest absolute Gasteiger partial charge is 0.268 e. The summed E-state index contributed by atoms with van der Waals surface area (Å²) in [6.45, 7) is 4.57. The molecule has 0 atom stereocenters. The Kier molecular flexibility index (Phi) is 5.23. The van der Waals surface area contributed by atoms with E-state index in [9.17, 15) is 8.42 Å². The molecule has 0 saturated heterocycles. The molecule has 0 unspecified atom stereocenters. The van der Waals surface area contributed by atoms with Crippen LogP contribution >= 0.6 is 0 Å². The largest absolute Gasteiger partial charge is 0.497 e. The first-order valence-corrected chi connectivity index (χ1v) is 10.1. The highest BCUT2D eigenvalue weighted by Gasteiger charge is 2.22. The summed E-state index contributed by atoms with van der Waals surface area (Å²) in [5, 5.41) is 0.907. The molecule has 0 fully saturated rings. The molecule has 1 heterocycles. The van der Waals surface area contributed by atoms with Gasteiger partial charge in [0.2, 0.25) is 0 Å². The van der Waals surface area contributed by atoms with Crippen LogP contribution in [0.4, 0.5) is 0 Å². The lowest BCUT2D eigenvalue weighted by molar-refractivity contribution is 0.340. The van der Waals surface area contributed by atoms with Gasteiger partial charge in [0.05, 0.1) is 24.1 Å². The van der Waals surface area contributed by atoms with Crippen molar-refractivity contribution < 1.29 is 17.9 Å². The van der Waals surface area contributed by atoms with E-state index in [-0.39, 0.29) is 4.90 Å². The number of nitrogens with zero attached hydrogens (tertiary/aromatic N) is 1. The molecule has 0 radical (unpaired) electrons. The fourth-order valence-corrected chi connectivity index (χ4v) is 4.47. The van der Waals surface area contributed by atoms with E-state index >= 15 is 0 Å². The van der Waals surface area contributed by atoms with Gasteiger partial charge >= 0.3 is 0 Å². The second-order valence-electron chi connectivity index (χ2n) is 6.00. The normalized spacial score (nSPS) is 11.7. The summed E-state index contributed by atoms with van der Waals surface area (Å²) < 4.78 is 38.6. The van der Waals surface area contributed by atoms with Gasteiger partial charge in [0.1, 0.15) is 11.5 Å². The first-order valence-electron chi connectivity index (χ1n) is 8.67. The maximum atomic E-state index is 13.2. The topological polar surface area (TPSA) is 57.5 Å². The molecule has 3 aromatic rings. The Morgan fingerprint density at radius 3 is 2.54 bits per heavy atom. The molecule has 26 heavy (non-hydrogen) atoms. The number of benzene rings is 2. The fraction of sp³-hybridized carbons (Fsp3) is 0.300. The first kappa shape index (κ1) is 18.3. The Bertz CT molecular complexity index is 1020. The molecule has 138 valence electrons. The van der Waals surface area contributed by atoms with Crippen LogP contribution in [-0.2, 0) is 16.4 Å². The number of aryl methyl sites for hydroxylation is 1. The van der Waals surface area contributed by atoms with E-state index < -0.39 is 10.0 Å². The summed E-state index contributed by atoms with van der Waals surface area (Å²) in [6.07, 6.45) is 3.45. The molecule has 3 rings (SSSR count). The molecule has 0 aliphatic rings. The lowest BCUT2D eigenvalue weighted by Gasteiger charge is -2.09. The lowest BCUT2D eigenvalue weighted by Crippen LogP contribution is -2.12. The van der Waals surface area contributed by atoms with Gasteiger partial charge in [-0.25, -0.2) is 12.4 Å². The molecular formula is C20H23NO4S. The van der Waals surface area contributed by atoms with Gasteiger partial charge in [0.25, 0.3) is 10.0 Å². The van der Waals surface area contributed by atoms with Gasteiger partial charge in [-0.2, -0.15) is 0 Å². The zero-order chi connectivity index (χ0) is 18.7. The van der Waals surface area contributed by atoms with Crippen LogP contribution in [0.5, 0.6) is 11.5 Å². The van der Waals surface area contributed by atoms with Crippen LogP contribution in [-0.4, -0.2) is 26.1 Å². The van der Waals surface area contributed by atoms with Gasteiger partial charge < -0.3 is 9.47 Å². The van der Waals surface area contributed by atoms with E-state index in [0.29, 0.717) is 17.9 Å². The molecule has 5 nitrogen and oxygen atoms in total. The van der Waals surface area contributed by atoms with Crippen LogP contribution in [0.3, 0.4) is 0 Å². The molecule has 0 amide bonds. The minimum atomic E-state index is -3.72. The number of fused-ring (bicyclic) bond motifs is 1. The number of ether oxygens (including phenoxy) is 2.